The van der Waals surface area contributed by atoms with Gasteiger partial charge in [-0.15, -0.1) is 11.8 Å². The van der Waals surface area contributed by atoms with E-state index in [1.807, 2.05) is 27.7 Å². The Kier molecular flexibility index (Phi) is 4.91. The first-order valence-electron chi connectivity index (χ1n) is 9.09. The van der Waals surface area contributed by atoms with Gasteiger partial charge in [0.2, 0.25) is 0 Å². The molecule has 1 aliphatic heterocycles. The number of amidine groups is 1. The van der Waals surface area contributed by atoms with E-state index in [-0.39, 0.29) is 10.6 Å². The average Bonchev–Trinajstić information content (AvgIpc) is 3.37. The van der Waals surface area contributed by atoms with Crippen molar-refractivity contribution in [1.29, 1.82) is 0 Å². The Morgan fingerprint density at radius 3 is 2.67 bits per heavy atom. The van der Waals surface area contributed by atoms with Gasteiger partial charge in [-0.05, 0) is 59.4 Å². The minimum Gasteiger partial charge on any atom is -0.444 e. The maximum atomic E-state index is 14.5. The fourth-order valence-corrected chi connectivity index (χ4v) is 4.76. The Labute approximate surface area is 163 Å². The number of anilines is 1. The minimum absolute atomic E-state index is 0.241. The minimum atomic E-state index is -0.857. The van der Waals surface area contributed by atoms with Gasteiger partial charge in [0.05, 0.1) is 16.5 Å². The van der Waals surface area contributed by atoms with Gasteiger partial charge < -0.3 is 10.5 Å². The van der Waals surface area contributed by atoms with E-state index >= 15 is 0 Å². The second kappa shape index (κ2) is 6.65. The predicted octanol–water partition coefficient (Wildman–Crippen LogP) is 3.86. The van der Waals surface area contributed by atoms with Crippen molar-refractivity contribution in [3.05, 3.63) is 23.6 Å². The van der Waals surface area contributed by atoms with E-state index in [1.54, 1.807) is 11.8 Å². The van der Waals surface area contributed by atoms with Crippen LogP contribution in [0.1, 0.15) is 53.0 Å². The van der Waals surface area contributed by atoms with E-state index in [2.05, 4.69) is 17.2 Å². The summed E-state index contributed by atoms with van der Waals surface area (Å²) >= 11 is 1.69. The molecule has 1 aromatic rings. The van der Waals surface area contributed by atoms with Crippen molar-refractivity contribution in [2.24, 2.45) is 10.9 Å². The van der Waals surface area contributed by atoms with E-state index in [0.717, 1.165) is 19.0 Å². The molecule has 0 aromatic carbocycles. The first-order chi connectivity index (χ1) is 12.4. The molecule has 1 aliphatic carbocycles. The zero-order valence-corrected chi connectivity index (χ0v) is 17.2. The number of pyridine rings is 1. The van der Waals surface area contributed by atoms with E-state index in [9.17, 15) is 9.18 Å². The van der Waals surface area contributed by atoms with Crippen LogP contribution < -0.4 is 11.1 Å². The van der Waals surface area contributed by atoms with Crippen molar-refractivity contribution in [1.82, 2.24) is 10.3 Å². The lowest BCUT2D eigenvalue weighted by Gasteiger charge is -2.41. The number of aliphatic imine (C=N–C) groups is 1. The van der Waals surface area contributed by atoms with Crippen LogP contribution >= 0.6 is 11.8 Å². The number of amides is 1. The quantitative estimate of drug-likeness (QED) is 0.795. The highest BCUT2D eigenvalue weighted by Crippen LogP contribution is 2.52. The monoisotopic (exact) mass is 394 g/mol. The molecule has 1 saturated carbocycles. The molecule has 0 radical (unpaired) electrons. The molecule has 27 heavy (non-hydrogen) atoms. The largest absolute Gasteiger partial charge is 0.444 e. The number of rotatable bonds is 2. The summed E-state index contributed by atoms with van der Waals surface area (Å²) < 4.78 is 19.5. The van der Waals surface area contributed by atoms with Gasteiger partial charge >= 0.3 is 6.09 Å². The van der Waals surface area contributed by atoms with Crippen LogP contribution in [0, 0.1) is 11.7 Å². The summed E-state index contributed by atoms with van der Waals surface area (Å²) in [5.74, 6) is 1.34. The van der Waals surface area contributed by atoms with Crippen LogP contribution in [0.4, 0.5) is 15.0 Å². The number of nitrogens with zero attached hydrogens (tertiary/aromatic N) is 2. The normalized spacial score (nSPS) is 28.4. The van der Waals surface area contributed by atoms with Crippen molar-refractivity contribution < 1.29 is 13.9 Å². The molecule has 2 heterocycles. The first-order valence-corrected chi connectivity index (χ1v) is 10.1. The fourth-order valence-electron chi connectivity index (χ4n) is 3.25. The number of thioether (sulfide) groups is 1. The third-order valence-corrected chi connectivity index (χ3v) is 6.75. The Bertz CT molecular complexity index is 790. The summed E-state index contributed by atoms with van der Waals surface area (Å²) in [4.78, 5) is 21.0. The lowest BCUT2D eigenvalue weighted by atomic mass is 9.93. The molecular weight excluding hydrogens is 367 g/mol. The molecule has 2 aliphatic rings. The number of carbonyl (C=O) groups is 1. The predicted molar refractivity (Wildman–Crippen MR) is 106 cm³/mol. The smallest absolute Gasteiger partial charge is 0.413 e. The molecule has 0 spiro atoms. The summed E-state index contributed by atoms with van der Waals surface area (Å²) in [6.45, 7) is 9.36. The van der Waals surface area contributed by atoms with Gasteiger partial charge in [0.25, 0.3) is 0 Å². The number of carbonyl (C=O) groups excluding carboxylic acids is 1. The summed E-state index contributed by atoms with van der Waals surface area (Å²) in [6, 6.07) is 1.52. The highest BCUT2D eigenvalue weighted by atomic mass is 32.2. The molecule has 0 unspecified atom stereocenters. The van der Waals surface area contributed by atoms with Gasteiger partial charge in [0.15, 0.2) is 0 Å². The van der Waals surface area contributed by atoms with Gasteiger partial charge in [0.1, 0.15) is 23.1 Å². The van der Waals surface area contributed by atoms with Crippen molar-refractivity contribution in [3.63, 3.8) is 0 Å². The fraction of sp³-hybridized carbons (Fsp3) is 0.632. The van der Waals surface area contributed by atoms with Crippen molar-refractivity contribution in [3.8, 4) is 0 Å². The number of hydrogen-bond acceptors (Lipinski definition) is 6. The molecule has 3 rings (SSSR count). The summed E-state index contributed by atoms with van der Waals surface area (Å²) in [6.07, 6.45) is 2.75. The van der Waals surface area contributed by atoms with Crippen LogP contribution in [-0.2, 0) is 10.3 Å². The molecule has 1 fully saturated rings. The number of ether oxygens (including phenoxy) is 1. The molecular formula is C19H27FN4O2S. The summed E-state index contributed by atoms with van der Waals surface area (Å²) in [5.41, 5.74) is 4.67. The SMILES string of the molecule is CC(C)(C)OC(=O)NC1=N[C@](C)(c2cc(N)ncc2F)CS[C@@]1(C)C1CC1. The van der Waals surface area contributed by atoms with Crippen LogP contribution in [0.15, 0.2) is 17.3 Å². The van der Waals surface area contributed by atoms with Crippen LogP contribution in [0.2, 0.25) is 0 Å². The third-order valence-electron chi connectivity index (χ3n) is 4.91. The van der Waals surface area contributed by atoms with Gasteiger partial charge in [-0.2, -0.15) is 0 Å². The molecule has 8 heteroatoms. The van der Waals surface area contributed by atoms with Gasteiger partial charge in [-0.25, -0.2) is 14.2 Å². The van der Waals surface area contributed by atoms with Gasteiger partial charge in [-0.3, -0.25) is 10.3 Å². The number of nitrogens with one attached hydrogen (secondary N) is 1. The second-order valence-electron chi connectivity index (χ2n) is 8.62. The molecule has 148 valence electrons. The first kappa shape index (κ1) is 19.9. The molecule has 1 aromatic heterocycles. The topological polar surface area (TPSA) is 89.6 Å². The standard InChI is InChI=1S/C19H27FN4O2S/c1-17(2,3)26-16(25)23-15-19(5,11-6-7-11)27-10-18(4,24-15)12-8-14(21)22-9-13(12)20/h8-9,11H,6-7,10H2,1-5H3,(H2,21,22)(H,23,24,25)/t18-,19-/m0/s1. The van der Waals surface area contributed by atoms with Crippen LogP contribution in [0.25, 0.3) is 0 Å². The molecule has 6 nitrogen and oxygen atoms in total. The maximum Gasteiger partial charge on any atom is 0.413 e. The molecule has 0 saturated heterocycles. The lowest BCUT2D eigenvalue weighted by Crippen LogP contribution is -2.52. The van der Waals surface area contributed by atoms with Gasteiger partial charge in [0, 0.05) is 11.3 Å². The number of alkyl carbamates (subject to hydrolysis) is 1. The Balaban J connectivity index is 1.98. The number of nitrogen functional groups attached to an aromatic ring is 1. The number of hydrogen-bond donors (Lipinski definition) is 2. The van der Waals surface area contributed by atoms with Crippen molar-refractivity contribution in [2.75, 3.05) is 11.5 Å². The Hall–Kier alpha value is -1.83. The van der Waals surface area contributed by atoms with Crippen molar-refractivity contribution in [2.45, 2.75) is 63.3 Å². The van der Waals surface area contributed by atoms with E-state index in [0.29, 0.717) is 23.1 Å². The van der Waals surface area contributed by atoms with E-state index in [1.165, 1.54) is 6.07 Å². The van der Waals surface area contributed by atoms with Crippen LogP contribution in [0.3, 0.4) is 0 Å². The molecule has 2 atom stereocenters. The number of nitrogens with two attached hydrogens (primary N) is 1. The number of aromatic nitrogens is 1. The Morgan fingerprint density at radius 2 is 2.07 bits per heavy atom. The van der Waals surface area contributed by atoms with Crippen molar-refractivity contribution >= 4 is 29.5 Å². The zero-order valence-electron chi connectivity index (χ0n) is 16.4. The molecule has 0 bridgehead atoms. The van der Waals surface area contributed by atoms with Crippen LogP contribution in [0.5, 0.6) is 0 Å². The lowest BCUT2D eigenvalue weighted by molar-refractivity contribution is 0.0560. The number of halogens is 1. The zero-order chi connectivity index (χ0) is 20.0. The van der Waals surface area contributed by atoms with Gasteiger partial charge in [-0.1, -0.05) is 0 Å². The molecule has 1 amide bonds. The average molecular weight is 395 g/mol. The van der Waals surface area contributed by atoms with E-state index in [4.69, 9.17) is 15.5 Å². The maximum absolute atomic E-state index is 14.5. The third kappa shape index (κ3) is 4.20. The van der Waals surface area contributed by atoms with E-state index < -0.39 is 23.1 Å². The highest BCUT2D eigenvalue weighted by molar-refractivity contribution is 8.01. The Morgan fingerprint density at radius 1 is 1.41 bits per heavy atom. The second-order valence-corrected chi connectivity index (χ2v) is 10.0. The summed E-state index contributed by atoms with van der Waals surface area (Å²) in [7, 11) is 0. The highest BCUT2D eigenvalue weighted by Gasteiger charge is 2.51. The van der Waals surface area contributed by atoms with Crippen LogP contribution in [-0.4, -0.2) is 33.0 Å². The summed E-state index contributed by atoms with van der Waals surface area (Å²) in [5, 5.41) is 2.85. The molecule has 3 N–H and O–H groups in total.